The van der Waals surface area contributed by atoms with Gasteiger partial charge in [-0.25, -0.2) is 0 Å². The molecule has 0 heterocycles. The Morgan fingerprint density at radius 2 is 2.15 bits per heavy atom. The van der Waals surface area contributed by atoms with Gasteiger partial charge < -0.3 is 5.11 Å². The van der Waals surface area contributed by atoms with Crippen molar-refractivity contribution in [1.82, 2.24) is 0 Å². The van der Waals surface area contributed by atoms with E-state index in [1.165, 1.54) is 5.56 Å². The average molecular weight is 264 g/mol. The highest BCUT2D eigenvalue weighted by Crippen LogP contribution is 2.20. The van der Waals surface area contributed by atoms with Crippen molar-refractivity contribution in [3.8, 4) is 0 Å². The molecule has 1 aromatic carbocycles. The van der Waals surface area contributed by atoms with Crippen molar-refractivity contribution in [3.05, 3.63) is 33.8 Å². The second-order valence-electron chi connectivity index (χ2n) is 2.88. The fraction of sp³-hybridized carbons (Fsp3) is 0.400. The third kappa shape index (κ3) is 3.29. The van der Waals surface area contributed by atoms with Crippen LogP contribution in [0.15, 0.2) is 22.7 Å². The monoisotopic (exact) mass is 262 g/mol. The second-order valence-corrected chi connectivity index (χ2v) is 4.11. The molecule has 13 heavy (non-hydrogen) atoms. The van der Waals surface area contributed by atoms with Crippen LogP contribution in [0.3, 0.4) is 0 Å². The van der Waals surface area contributed by atoms with Gasteiger partial charge >= 0.3 is 0 Å². The van der Waals surface area contributed by atoms with Crippen LogP contribution < -0.4 is 0 Å². The van der Waals surface area contributed by atoms with Crippen molar-refractivity contribution in [1.29, 1.82) is 0 Å². The lowest BCUT2D eigenvalue weighted by Gasteiger charge is -2.05. The summed E-state index contributed by atoms with van der Waals surface area (Å²) in [5.41, 5.74) is 2.17. The highest BCUT2D eigenvalue weighted by molar-refractivity contribution is 9.10. The zero-order valence-corrected chi connectivity index (χ0v) is 9.61. The molecular weight excluding hydrogens is 251 g/mol. The Bertz CT molecular complexity index is 276. The van der Waals surface area contributed by atoms with Crippen LogP contribution in [-0.4, -0.2) is 11.0 Å². The molecule has 1 nitrogen and oxygen atoms in total. The zero-order valence-electron chi connectivity index (χ0n) is 7.26. The Balaban J connectivity index is 2.78. The summed E-state index contributed by atoms with van der Waals surface area (Å²) < 4.78 is 1.09. The molecule has 1 N–H and O–H groups in total. The number of aryl methyl sites for hydroxylation is 1. The van der Waals surface area contributed by atoms with Crippen LogP contribution in [0.5, 0.6) is 0 Å². The summed E-state index contributed by atoms with van der Waals surface area (Å²) in [6, 6.07) is 5.89. The van der Waals surface area contributed by atoms with Crippen LogP contribution in [0.2, 0.25) is 0 Å². The largest absolute Gasteiger partial charge is 0.392 e. The van der Waals surface area contributed by atoms with Crippen LogP contribution >= 0.6 is 27.5 Å². The molecule has 0 amide bonds. The normalized spacial score (nSPS) is 10.4. The minimum atomic E-state index is 0.0984. The minimum absolute atomic E-state index is 0.0984. The van der Waals surface area contributed by atoms with E-state index in [0.717, 1.165) is 22.9 Å². The predicted octanol–water partition coefficient (Wildman–Crippen LogP) is 3.11. The first kappa shape index (κ1) is 11.0. The van der Waals surface area contributed by atoms with Crippen LogP contribution in [0, 0.1) is 0 Å². The number of alkyl halides is 1. The number of halogens is 2. The lowest BCUT2D eigenvalue weighted by molar-refractivity contribution is 0.281. The van der Waals surface area contributed by atoms with E-state index in [1.54, 1.807) is 0 Å². The third-order valence-electron chi connectivity index (χ3n) is 1.87. The zero-order chi connectivity index (χ0) is 9.68. The van der Waals surface area contributed by atoms with Crippen molar-refractivity contribution in [3.63, 3.8) is 0 Å². The lowest BCUT2D eigenvalue weighted by atomic mass is 10.1. The van der Waals surface area contributed by atoms with E-state index in [1.807, 2.05) is 18.2 Å². The first-order valence-electron chi connectivity index (χ1n) is 4.22. The maximum atomic E-state index is 8.94. The average Bonchev–Trinajstić information content (AvgIpc) is 2.17. The van der Waals surface area contributed by atoms with Crippen molar-refractivity contribution in [2.75, 3.05) is 5.88 Å². The maximum absolute atomic E-state index is 8.94. The van der Waals surface area contributed by atoms with Gasteiger partial charge in [0, 0.05) is 10.4 Å². The van der Waals surface area contributed by atoms with Gasteiger partial charge in [0.2, 0.25) is 0 Å². The van der Waals surface area contributed by atoms with Crippen molar-refractivity contribution in [2.24, 2.45) is 0 Å². The molecule has 0 spiro atoms. The van der Waals surface area contributed by atoms with E-state index >= 15 is 0 Å². The first-order chi connectivity index (χ1) is 6.27. The van der Waals surface area contributed by atoms with Crippen LogP contribution in [0.25, 0.3) is 0 Å². The van der Waals surface area contributed by atoms with Crippen LogP contribution in [-0.2, 0) is 13.0 Å². The number of benzene rings is 1. The molecule has 0 atom stereocenters. The molecular formula is C10H12BrClO. The molecule has 1 aromatic rings. The number of rotatable bonds is 4. The number of aliphatic hydroxyl groups is 1. The van der Waals surface area contributed by atoms with Crippen molar-refractivity contribution < 1.29 is 5.11 Å². The Morgan fingerprint density at radius 1 is 1.38 bits per heavy atom. The topological polar surface area (TPSA) is 20.2 Å². The molecule has 0 bridgehead atoms. The fourth-order valence-electron chi connectivity index (χ4n) is 1.18. The predicted molar refractivity (Wildman–Crippen MR) is 59.1 cm³/mol. The Hall–Kier alpha value is -0.0500. The molecule has 1 rings (SSSR count). The van der Waals surface area contributed by atoms with Gasteiger partial charge in [0.1, 0.15) is 0 Å². The summed E-state index contributed by atoms with van der Waals surface area (Å²) in [5.74, 6) is 0.676. The number of aliphatic hydroxyl groups excluding tert-OH is 1. The van der Waals surface area contributed by atoms with Crippen molar-refractivity contribution in [2.45, 2.75) is 19.4 Å². The van der Waals surface area contributed by atoms with Gasteiger partial charge in [0.15, 0.2) is 0 Å². The molecule has 3 heteroatoms. The molecule has 0 fully saturated rings. The molecule has 0 aliphatic carbocycles. The second kappa shape index (κ2) is 5.63. The molecule has 0 saturated heterocycles. The highest BCUT2D eigenvalue weighted by atomic mass is 79.9. The lowest BCUT2D eigenvalue weighted by Crippen LogP contribution is -1.91. The van der Waals surface area contributed by atoms with Gasteiger partial charge in [0.05, 0.1) is 6.61 Å². The summed E-state index contributed by atoms with van der Waals surface area (Å²) in [6.45, 7) is 0.0984. The summed E-state index contributed by atoms with van der Waals surface area (Å²) in [7, 11) is 0. The molecule has 0 radical (unpaired) electrons. The van der Waals surface area contributed by atoms with Crippen molar-refractivity contribution >= 4 is 27.5 Å². The number of hydrogen-bond donors (Lipinski definition) is 1. The van der Waals surface area contributed by atoms with Gasteiger partial charge in [-0.15, -0.1) is 11.6 Å². The molecule has 0 aliphatic heterocycles. The van der Waals surface area contributed by atoms with Gasteiger partial charge in [-0.2, -0.15) is 0 Å². The maximum Gasteiger partial charge on any atom is 0.0681 e. The van der Waals surface area contributed by atoms with E-state index < -0.39 is 0 Å². The molecule has 0 aliphatic rings. The standard InChI is InChI=1S/C10H12BrClO/c11-10-4-3-8(7-13)6-9(10)2-1-5-12/h3-4,6,13H,1-2,5,7H2. The van der Waals surface area contributed by atoms with Gasteiger partial charge in [-0.3, -0.25) is 0 Å². The third-order valence-corrected chi connectivity index (χ3v) is 2.91. The molecule has 0 aromatic heterocycles. The summed E-state index contributed by atoms with van der Waals surface area (Å²) in [4.78, 5) is 0. The summed E-state index contributed by atoms with van der Waals surface area (Å²) in [5, 5.41) is 8.94. The van der Waals surface area contributed by atoms with Gasteiger partial charge in [0.25, 0.3) is 0 Å². The minimum Gasteiger partial charge on any atom is -0.392 e. The van der Waals surface area contributed by atoms with Gasteiger partial charge in [-0.1, -0.05) is 28.1 Å². The summed E-state index contributed by atoms with van der Waals surface area (Å²) in [6.07, 6.45) is 1.92. The molecule has 0 saturated carbocycles. The fourth-order valence-corrected chi connectivity index (χ4v) is 1.75. The van der Waals surface area contributed by atoms with E-state index in [0.29, 0.717) is 5.88 Å². The van der Waals surface area contributed by atoms with Crippen LogP contribution in [0.1, 0.15) is 17.5 Å². The number of hydrogen-bond acceptors (Lipinski definition) is 1. The Labute approximate surface area is 91.9 Å². The van der Waals surface area contributed by atoms with E-state index in [2.05, 4.69) is 15.9 Å². The Kier molecular flexibility index (Phi) is 4.78. The summed E-state index contributed by atoms with van der Waals surface area (Å²) >= 11 is 9.08. The molecule has 0 unspecified atom stereocenters. The highest BCUT2D eigenvalue weighted by Gasteiger charge is 2.00. The first-order valence-corrected chi connectivity index (χ1v) is 5.55. The van der Waals surface area contributed by atoms with E-state index in [-0.39, 0.29) is 6.61 Å². The van der Waals surface area contributed by atoms with E-state index in [9.17, 15) is 0 Å². The molecule has 72 valence electrons. The van der Waals surface area contributed by atoms with Gasteiger partial charge in [-0.05, 0) is 30.0 Å². The van der Waals surface area contributed by atoms with E-state index in [4.69, 9.17) is 16.7 Å². The SMILES string of the molecule is OCc1ccc(Br)c(CCCCl)c1. The van der Waals surface area contributed by atoms with Crippen LogP contribution in [0.4, 0.5) is 0 Å². The smallest absolute Gasteiger partial charge is 0.0681 e. The quantitative estimate of drug-likeness (QED) is 0.828. The Morgan fingerprint density at radius 3 is 2.77 bits per heavy atom.